The van der Waals surface area contributed by atoms with Gasteiger partial charge in [-0.05, 0) is 0 Å². The Bertz CT molecular complexity index is 520. The maximum atomic E-state index is 12.7. The molecule has 7 heteroatoms. The molecule has 0 radical (unpaired) electrons. The predicted octanol–water partition coefficient (Wildman–Crippen LogP) is 3.83. The topological polar surface area (TPSA) is 35.0 Å². The second-order valence-electron chi connectivity index (χ2n) is 7.02. The molecule has 1 aromatic rings. The summed E-state index contributed by atoms with van der Waals surface area (Å²) in [6.07, 6.45) is -3.10. The zero-order valence-electron chi connectivity index (χ0n) is 13.5. The Morgan fingerprint density at radius 2 is 1.68 bits per heavy atom. The third kappa shape index (κ3) is 4.73. The van der Waals surface area contributed by atoms with E-state index >= 15 is 0 Å². The van der Waals surface area contributed by atoms with Crippen molar-refractivity contribution in [2.75, 3.05) is 0 Å². The number of aryl methyl sites for hydroxylation is 1. The second-order valence-corrected chi connectivity index (χ2v) is 21.3. The van der Waals surface area contributed by atoms with E-state index in [-0.39, 0.29) is 18.9 Å². The first kappa shape index (κ1) is 17.8. The van der Waals surface area contributed by atoms with E-state index in [1.54, 1.807) is 0 Å². The van der Waals surface area contributed by atoms with Crippen molar-refractivity contribution in [3.05, 3.63) is 11.9 Å². The molecule has 0 aromatic carbocycles. The number of aromatic nitrogens is 2. The van der Waals surface area contributed by atoms with Crippen molar-refractivity contribution in [1.29, 1.82) is 0 Å². The monoisotopic (exact) mass is 424 g/mol. The molecule has 124 valence electrons. The molecule has 3 nitrogen and oxygen atoms in total. The van der Waals surface area contributed by atoms with Gasteiger partial charge >= 0.3 is 133 Å². The normalized spacial score (nSPS) is 23.4. The molecule has 22 heavy (non-hydrogen) atoms. The van der Waals surface area contributed by atoms with E-state index < -0.39 is 30.5 Å². The zero-order chi connectivity index (χ0) is 16.5. The van der Waals surface area contributed by atoms with Crippen molar-refractivity contribution in [3.8, 4) is 5.88 Å². The predicted molar refractivity (Wildman–Crippen MR) is 82.2 cm³/mol. The van der Waals surface area contributed by atoms with Gasteiger partial charge in [-0.1, -0.05) is 0 Å². The van der Waals surface area contributed by atoms with Crippen LogP contribution in [0.5, 0.6) is 5.88 Å². The Kier molecular flexibility index (Phi) is 5.29. The standard InChI is InChI=1S/C12H14F3N2O.3CH3.Sn/c1-8-16-7-6-11(17-8)18-10-4-2-9(3-5-10)12(13,14)15;;;;/h6,9-10H,2-5H2,1H3;3*1H3;. The molecule has 0 saturated heterocycles. The molecule has 0 N–H and O–H groups in total. The van der Waals surface area contributed by atoms with Gasteiger partial charge in [0, 0.05) is 0 Å². The summed E-state index contributed by atoms with van der Waals surface area (Å²) in [7, 11) is 0. The molecule has 1 aliphatic carbocycles. The molecule has 0 unspecified atom stereocenters. The summed E-state index contributed by atoms with van der Waals surface area (Å²) in [5, 5.41) is 0. The first-order chi connectivity index (χ1) is 10.1. The van der Waals surface area contributed by atoms with Crippen molar-refractivity contribution in [1.82, 2.24) is 9.97 Å². The minimum absolute atomic E-state index is 0.142. The maximum absolute atomic E-state index is 12.7. The Morgan fingerprint density at radius 3 is 2.18 bits per heavy atom. The molecule has 0 atom stereocenters. The van der Waals surface area contributed by atoms with Crippen LogP contribution in [-0.2, 0) is 0 Å². The van der Waals surface area contributed by atoms with Crippen LogP contribution >= 0.6 is 0 Å². The molecule has 0 aliphatic heterocycles. The van der Waals surface area contributed by atoms with Crippen LogP contribution in [0.15, 0.2) is 6.07 Å². The molecule has 1 heterocycles. The Morgan fingerprint density at radius 1 is 1.09 bits per heavy atom. The van der Waals surface area contributed by atoms with Gasteiger partial charge in [0.15, 0.2) is 0 Å². The van der Waals surface area contributed by atoms with Crippen molar-refractivity contribution < 1.29 is 17.9 Å². The number of alkyl halides is 3. The first-order valence-electron chi connectivity index (χ1n) is 7.65. The van der Waals surface area contributed by atoms with Crippen LogP contribution in [0.4, 0.5) is 13.2 Å². The number of hydrogen-bond acceptors (Lipinski definition) is 3. The van der Waals surface area contributed by atoms with Crippen LogP contribution < -0.4 is 8.45 Å². The third-order valence-corrected chi connectivity index (χ3v) is 9.12. The van der Waals surface area contributed by atoms with Crippen LogP contribution in [0, 0.1) is 12.8 Å². The van der Waals surface area contributed by atoms with E-state index in [0.717, 1.165) is 3.71 Å². The second kappa shape index (κ2) is 6.53. The molecule has 0 bridgehead atoms. The summed E-state index contributed by atoms with van der Waals surface area (Å²) in [5.41, 5.74) is 0. The van der Waals surface area contributed by atoms with Crippen molar-refractivity contribution >= 4 is 22.1 Å². The van der Waals surface area contributed by atoms with Crippen LogP contribution in [0.3, 0.4) is 0 Å². The quantitative estimate of drug-likeness (QED) is 0.694. The van der Waals surface area contributed by atoms with Gasteiger partial charge in [0.25, 0.3) is 0 Å². The zero-order valence-corrected chi connectivity index (χ0v) is 16.4. The fourth-order valence-electron chi connectivity index (χ4n) is 2.66. The van der Waals surface area contributed by atoms with E-state index in [1.807, 2.05) is 13.0 Å². The molecule has 1 saturated carbocycles. The van der Waals surface area contributed by atoms with E-state index in [9.17, 15) is 13.2 Å². The summed E-state index contributed by atoms with van der Waals surface area (Å²) < 4.78 is 45.0. The average molecular weight is 423 g/mol. The number of hydrogen-bond donors (Lipinski definition) is 0. The van der Waals surface area contributed by atoms with E-state index in [1.165, 1.54) is 0 Å². The summed E-state index contributed by atoms with van der Waals surface area (Å²) in [6.45, 7) is 1.83. The molecule has 0 amide bonds. The Hall–Kier alpha value is -0.531. The molecule has 2 rings (SSSR count). The van der Waals surface area contributed by atoms with Crippen LogP contribution in [0.2, 0.25) is 14.8 Å². The van der Waals surface area contributed by atoms with Crippen LogP contribution in [-0.4, -0.2) is 40.6 Å². The number of nitrogens with zero attached hydrogens (tertiary/aromatic N) is 2. The fraction of sp³-hybridized carbons (Fsp3) is 0.733. The molecular formula is C15H23F3N2OSn. The van der Waals surface area contributed by atoms with Gasteiger partial charge in [-0.15, -0.1) is 0 Å². The van der Waals surface area contributed by atoms with Crippen molar-refractivity contribution in [3.63, 3.8) is 0 Å². The summed E-state index contributed by atoms with van der Waals surface area (Å²) >= 11 is -2.32. The molecule has 1 fully saturated rings. The summed E-state index contributed by atoms with van der Waals surface area (Å²) in [6, 6.07) is 1.89. The van der Waals surface area contributed by atoms with Gasteiger partial charge in [0.1, 0.15) is 0 Å². The van der Waals surface area contributed by atoms with E-state index in [2.05, 4.69) is 24.8 Å². The first-order valence-corrected chi connectivity index (χ1v) is 17.6. The fourth-order valence-corrected chi connectivity index (χ4v) is 5.67. The van der Waals surface area contributed by atoms with Gasteiger partial charge in [-0.2, -0.15) is 0 Å². The Labute approximate surface area is 133 Å². The number of rotatable bonds is 3. The van der Waals surface area contributed by atoms with E-state index in [4.69, 9.17) is 4.74 Å². The van der Waals surface area contributed by atoms with Crippen molar-refractivity contribution in [2.45, 2.75) is 59.7 Å². The molecule has 1 aliphatic rings. The summed E-state index contributed by atoms with van der Waals surface area (Å²) in [5.74, 6) is 0.00788. The molecule has 1 aromatic heterocycles. The number of ether oxygens (including phenoxy) is 1. The van der Waals surface area contributed by atoms with Crippen LogP contribution in [0.1, 0.15) is 31.5 Å². The van der Waals surface area contributed by atoms with Gasteiger partial charge in [-0.3, -0.25) is 0 Å². The third-order valence-electron chi connectivity index (χ3n) is 4.01. The van der Waals surface area contributed by atoms with Crippen LogP contribution in [0.25, 0.3) is 0 Å². The minimum atomic E-state index is -4.08. The SMILES string of the molecule is Cc1nc(OC2CCC(C(F)(F)F)CC2)c[c]([Sn]([CH3])([CH3])[CH3])n1. The average Bonchev–Trinajstić information content (AvgIpc) is 2.36. The Balaban J connectivity index is 2.02. The van der Waals surface area contributed by atoms with Gasteiger partial charge in [0.05, 0.1) is 0 Å². The van der Waals surface area contributed by atoms with E-state index in [0.29, 0.717) is 24.5 Å². The molecular weight excluding hydrogens is 400 g/mol. The van der Waals surface area contributed by atoms with Crippen molar-refractivity contribution in [2.24, 2.45) is 5.92 Å². The van der Waals surface area contributed by atoms with Gasteiger partial charge in [0.2, 0.25) is 0 Å². The molecule has 0 spiro atoms. The van der Waals surface area contributed by atoms with Gasteiger partial charge < -0.3 is 0 Å². The van der Waals surface area contributed by atoms with Gasteiger partial charge in [-0.25, -0.2) is 0 Å². The number of halogens is 3. The summed E-state index contributed by atoms with van der Waals surface area (Å²) in [4.78, 5) is 15.6.